The van der Waals surface area contributed by atoms with E-state index in [1.807, 2.05) is 0 Å². The Hall–Kier alpha value is -3.20. The molecule has 39 heavy (non-hydrogen) atoms. The summed E-state index contributed by atoms with van der Waals surface area (Å²) < 4.78 is 25.1. The predicted octanol–water partition coefficient (Wildman–Crippen LogP) is 2.03. The maximum atomic E-state index is 14.0. The molecule has 2 atom stereocenters. The number of nitrogens with zero attached hydrogens (tertiary/aromatic N) is 3. The van der Waals surface area contributed by atoms with Gasteiger partial charge in [0.15, 0.2) is 10.8 Å². The number of carbonyl (C=O) groups excluding carboxylic acids is 2. The quantitative estimate of drug-likeness (QED) is 0.358. The summed E-state index contributed by atoms with van der Waals surface area (Å²) in [5.74, 6) is -2.02. The van der Waals surface area contributed by atoms with E-state index in [4.69, 9.17) is 14.5 Å². The van der Waals surface area contributed by atoms with Gasteiger partial charge in [-0.1, -0.05) is 22.0 Å². The topological polar surface area (TPSA) is 142 Å². The zero-order valence-electron chi connectivity index (χ0n) is 21.2. The number of carboxylic acids is 1. The van der Waals surface area contributed by atoms with Gasteiger partial charge in [0.05, 0.1) is 37.5 Å². The number of esters is 1. The van der Waals surface area contributed by atoms with Gasteiger partial charge in [0, 0.05) is 35.7 Å². The molecule has 0 radical (unpaired) electrons. The number of nitrogens with one attached hydrogen (secondary N) is 2. The number of carbonyl (C=O) groups is 3. The fourth-order valence-corrected chi connectivity index (χ4v) is 5.57. The first-order valence-electron chi connectivity index (χ1n) is 12.1. The van der Waals surface area contributed by atoms with Gasteiger partial charge in [-0.05, 0) is 24.6 Å². The molecular formula is C25H27BrFN5O6S. The molecule has 1 aromatic carbocycles. The van der Waals surface area contributed by atoms with Crippen LogP contribution in [0.2, 0.25) is 0 Å². The predicted molar refractivity (Wildman–Crippen MR) is 144 cm³/mol. The van der Waals surface area contributed by atoms with Crippen LogP contribution in [0, 0.1) is 5.82 Å². The number of aliphatic imine (C=N–C) groups is 1. The van der Waals surface area contributed by atoms with E-state index in [2.05, 4.69) is 31.5 Å². The van der Waals surface area contributed by atoms with E-state index < -0.39 is 29.8 Å². The number of aromatic nitrogens is 1. The normalized spacial score (nSPS) is 19.7. The number of aliphatic carboxylic acids is 1. The minimum Gasteiger partial charge on any atom is -0.480 e. The maximum absolute atomic E-state index is 14.0. The number of ether oxygens (including phenoxy) is 2. The number of rotatable bonds is 9. The van der Waals surface area contributed by atoms with E-state index in [-0.39, 0.29) is 37.7 Å². The van der Waals surface area contributed by atoms with Gasteiger partial charge in [-0.15, -0.1) is 11.3 Å². The van der Waals surface area contributed by atoms with Crippen LogP contribution in [0.4, 0.5) is 4.39 Å². The van der Waals surface area contributed by atoms with Crippen molar-refractivity contribution in [3.8, 4) is 0 Å². The molecule has 1 unspecified atom stereocenters. The summed E-state index contributed by atoms with van der Waals surface area (Å²) >= 11 is 4.66. The first-order chi connectivity index (χ1) is 18.7. The van der Waals surface area contributed by atoms with Crippen molar-refractivity contribution in [2.24, 2.45) is 4.99 Å². The number of amides is 1. The molecule has 0 saturated carbocycles. The summed E-state index contributed by atoms with van der Waals surface area (Å²) in [6.45, 7) is 2.49. The van der Waals surface area contributed by atoms with Crippen LogP contribution >= 0.6 is 27.3 Å². The Bertz CT molecular complexity index is 1330. The Balaban J connectivity index is 1.82. The molecule has 4 rings (SSSR count). The van der Waals surface area contributed by atoms with Gasteiger partial charge in [0.25, 0.3) is 0 Å². The Kier molecular flexibility index (Phi) is 9.43. The average Bonchev–Trinajstić information content (AvgIpc) is 3.37. The summed E-state index contributed by atoms with van der Waals surface area (Å²) in [7, 11) is 1.54. The second kappa shape index (κ2) is 12.8. The van der Waals surface area contributed by atoms with Crippen LogP contribution in [0.1, 0.15) is 29.2 Å². The third-order valence-corrected chi connectivity index (χ3v) is 7.72. The molecular weight excluding hydrogens is 597 g/mol. The number of benzene rings is 1. The highest BCUT2D eigenvalue weighted by Crippen LogP contribution is 2.37. The van der Waals surface area contributed by atoms with Crippen molar-refractivity contribution < 1.29 is 33.4 Å². The van der Waals surface area contributed by atoms with E-state index in [1.54, 1.807) is 17.2 Å². The third kappa shape index (κ3) is 6.69. The van der Waals surface area contributed by atoms with Gasteiger partial charge in [0.1, 0.15) is 17.9 Å². The summed E-state index contributed by atoms with van der Waals surface area (Å²) in [5.41, 5.74) is 1.61. The highest BCUT2D eigenvalue weighted by Gasteiger charge is 2.37. The highest BCUT2D eigenvalue weighted by atomic mass is 79.9. The van der Waals surface area contributed by atoms with Gasteiger partial charge in [-0.25, -0.2) is 14.2 Å². The zero-order valence-corrected chi connectivity index (χ0v) is 23.6. The zero-order chi connectivity index (χ0) is 28.1. The summed E-state index contributed by atoms with van der Waals surface area (Å²) in [4.78, 5) is 48.2. The SMILES string of the molecule is CCOC(=O)C1=C(CN2CCOC[C@H]2C(=O)O)NC(c2nc(CC(=O)NC)cs2)=NC1c1ccc(F)cc1Br. The van der Waals surface area contributed by atoms with Crippen molar-refractivity contribution in [2.45, 2.75) is 25.4 Å². The number of amidine groups is 1. The van der Waals surface area contributed by atoms with Crippen LogP contribution in [0.3, 0.4) is 0 Å². The molecule has 2 aliphatic rings. The van der Waals surface area contributed by atoms with Crippen molar-refractivity contribution in [3.05, 3.63) is 61.4 Å². The molecule has 0 bridgehead atoms. The highest BCUT2D eigenvalue weighted by molar-refractivity contribution is 9.10. The van der Waals surface area contributed by atoms with E-state index in [9.17, 15) is 23.9 Å². The lowest BCUT2D eigenvalue weighted by molar-refractivity contribution is -0.149. The standard InChI is InChI=1S/C25H27BrFN5O6S/c1-3-38-25(36)20-17(10-32-6-7-37-11-18(32)24(34)35)30-22(23-29-14(12-39-23)9-19(33)28-2)31-21(20)15-5-4-13(27)8-16(15)26/h4-5,8,12,18,21H,3,6-7,9-11H2,1-2H3,(H,28,33)(H,30,31)(H,34,35)/t18-,21?/m0/s1. The maximum Gasteiger partial charge on any atom is 0.338 e. The van der Waals surface area contributed by atoms with Crippen molar-refractivity contribution >= 4 is 50.9 Å². The molecule has 0 aliphatic carbocycles. The van der Waals surface area contributed by atoms with Crippen LogP contribution in [0.25, 0.3) is 0 Å². The first kappa shape index (κ1) is 28.8. The Morgan fingerprint density at radius 2 is 2.18 bits per heavy atom. The van der Waals surface area contributed by atoms with Gasteiger partial charge >= 0.3 is 11.9 Å². The smallest absolute Gasteiger partial charge is 0.338 e. The fourth-order valence-electron chi connectivity index (χ4n) is 4.23. The van der Waals surface area contributed by atoms with Gasteiger partial charge in [-0.2, -0.15) is 0 Å². The molecule has 1 amide bonds. The number of carboxylic acid groups (broad SMARTS) is 1. The van der Waals surface area contributed by atoms with E-state index >= 15 is 0 Å². The van der Waals surface area contributed by atoms with Crippen LogP contribution in [0.15, 0.2) is 44.3 Å². The Morgan fingerprint density at radius 3 is 2.87 bits per heavy atom. The summed E-state index contributed by atoms with van der Waals surface area (Å²) in [6, 6.07) is 2.24. The molecule has 3 heterocycles. The van der Waals surface area contributed by atoms with Crippen molar-refractivity contribution in [2.75, 3.05) is 40.0 Å². The number of halogens is 2. The van der Waals surface area contributed by atoms with E-state index in [1.165, 1.54) is 36.6 Å². The molecule has 1 aromatic heterocycles. The van der Waals surface area contributed by atoms with E-state index in [0.29, 0.717) is 45.4 Å². The second-order valence-electron chi connectivity index (χ2n) is 8.68. The van der Waals surface area contributed by atoms with Crippen molar-refractivity contribution in [1.29, 1.82) is 0 Å². The molecule has 208 valence electrons. The fraction of sp³-hybridized carbons (Fsp3) is 0.400. The van der Waals surface area contributed by atoms with Crippen LogP contribution < -0.4 is 10.6 Å². The second-order valence-corrected chi connectivity index (χ2v) is 10.4. The van der Waals surface area contributed by atoms with Crippen molar-refractivity contribution in [1.82, 2.24) is 20.5 Å². The molecule has 11 nitrogen and oxygen atoms in total. The lowest BCUT2D eigenvalue weighted by Gasteiger charge is -2.35. The first-order valence-corrected chi connectivity index (χ1v) is 13.8. The van der Waals surface area contributed by atoms with Crippen LogP contribution in [-0.2, 0) is 30.3 Å². The van der Waals surface area contributed by atoms with Gasteiger partial charge in [0.2, 0.25) is 5.91 Å². The number of hydrogen-bond donors (Lipinski definition) is 3. The molecule has 1 saturated heterocycles. The monoisotopic (exact) mass is 623 g/mol. The lowest BCUT2D eigenvalue weighted by atomic mass is 9.95. The minimum atomic E-state index is -1.05. The summed E-state index contributed by atoms with van der Waals surface area (Å²) in [6.07, 6.45) is 0.0814. The Morgan fingerprint density at radius 1 is 1.38 bits per heavy atom. The number of hydrogen-bond acceptors (Lipinski definition) is 10. The Labute approximate surface area is 236 Å². The molecule has 3 N–H and O–H groups in total. The number of morpholine rings is 1. The average molecular weight is 624 g/mol. The molecule has 1 fully saturated rings. The number of likely N-dealkylation sites (N-methyl/N-ethyl adjacent to an activating group) is 1. The van der Waals surface area contributed by atoms with E-state index in [0.717, 1.165) is 0 Å². The molecule has 2 aromatic rings. The van der Waals surface area contributed by atoms with Crippen LogP contribution in [0.5, 0.6) is 0 Å². The summed E-state index contributed by atoms with van der Waals surface area (Å²) in [5, 5.41) is 17.7. The van der Waals surface area contributed by atoms with Gasteiger partial charge in [-0.3, -0.25) is 19.5 Å². The lowest BCUT2D eigenvalue weighted by Crippen LogP contribution is -2.52. The van der Waals surface area contributed by atoms with Crippen LogP contribution in [-0.4, -0.2) is 84.7 Å². The minimum absolute atomic E-state index is 0.000567. The third-order valence-electron chi connectivity index (χ3n) is 6.14. The van der Waals surface area contributed by atoms with Crippen molar-refractivity contribution in [3.63, 3.8) is 0 Å². The molecule has 0 spiro atoms. The largest absolute Gasteiger partial charge is 0.480 e. The molecule has 14 heteroatoms. The van der Waals surface area contributed by atoms with Gasteiger partial charge < -0.3 is 25.2 Å². The molecule has 2 aliphatic heterocycles. The number of thiazole rings is 1.